The molecule has 2 atom stereocenters. The third kappa shape index (κ3) is 2.19. The number of amides is 1. The first-order valence-electron chi connectivity index (χ1n) is 6.80. The highest BCUT2D eigenvalue weighted by Crippen LogP contribution is 2.22. The summed E-state index contributed by atoms with van der Waals surface area (Å²) in [5.74, 6) is -0.00977. The number of morpholine rings is 1. The Hall–Kier alpha value is -1.85. The van der Waals surface area contributed by atoms with E-state index >= 15 is 0 Å². The largest absolute Gasteiger partial charge is 0.394 e. The highest BCUT2D eigenvalue weighted by molar-refractivity contribution is 6.06. The van der Waals surface area contributed by atoms with Crippen molar-refractivity contribution in [3.8, 4) is 0 Å². The van der Waals surface area contributed by atoms with E-state index in [9.17, 15) is 9.90 Å². The van der Waals surface area contributed by atoms with Gasteiger partial charge in [0.2, 0.25) is 0 Å². The van der Waals surface area contributed by atoms with Gasteiger partial charge in [-0.05, 0) is 25.1 Å². The van der Waals surface area contributed by atoms with E-state index in [1.54, 1.807) is 4.90 Å². The molecule has 5 nitrogen and oxygen atoms in total. The number of benzene rings is 1. The molecule has 2 unspecified atom stereocenters. The molecule has 0 spiro atoms. The van der Waals surface area contributed by atoms with Gasteiger partial charge >= 0.3 is 0 Å². The van der Waals surface area contributed by atoms with Crippen LogP contribution in [0.25, 0.3) is 10.9 Å². The van der Waals surface area contributed by atoms with Crippen molar-refractivity contribution in [2.75, 3.05) is 19.8 Å². The molecule has 0 aliphatic carbocycles. The molecule has 5 heteroatoms. The van der Waals surface area contributed by atoms with E-state index in [0.717, 1.165) is 10.9 Å². The topological polar surface area (TPSA) is 65.6 Å². The number of carbonyl (C=O) groups is 1. The van der Waals surface area contributed by atoms with Gasteiger partial charge in [-0.25, -0.2) is 0 Å². The summed E-state index contributed by atoms with van der Waals surface area (Å²) in [5, 5.41) is 10.1. The fourth-order valence-corrected chi connectivity index (χ4v) is 2.64. The SMILES string of the molecule is CC1COC(CO)CN1C(=O)c1cccc2[nH]ccc12. The molecule has 0 bridgehead atoms. The van der Waals surface area contributed by atoms with Gasteiger partial charge in [0.25, 0.3) is 5.91 Å². The normalized spacial score (nSPS) is 23.2. The van der Waals surface area contributed by atoms with Gasteiger partial charge in [-0.2, -0.15) is 0 Å². The minimum Gasteiger partial charge on any atom is -0.394 e. The van der Waals surface area contributed by atoms with Crippen LogP contribution in [0.15, 0.2) is 30.5 Å². The van der Waals surface area contributed by atoms with Crippen LogP contribution in [0.2, 0.25) is 0 Å². The van der Waals surface area contributed by atoms with Gasteiger partial charge in [0.05, 0.1) is 25.4 Å². The molecule has 2 aromatic rings. The number of hydrogen-bond acceptors (Lipinski definition) is 3. The zero-order valence-corrected chi connectivity index (χ0v) is 11.4. The van der Waals surface area contributed by atoms with Crippen molar-refractivity contribution in [3.05, 3.63) is 36.0 Å². The lowest BCUT2D eigenvalue weighted by molar-refractivity contribution is -0.0666. The van der Waals surface area contributed by atoms with Gasteiger partial charge in [0.1, 0.15) is 0 Å². The minimum atomic E-state index is -0.291. The van der Waals surface area contributed by atoms with Crippen LogP contribution in [0.5, 0.6) is 0 Å². The first-order valence-corrected chi connectivity index (χ1v) is 6.80. The number of nitrogens with one attached hydrogen (secondary N) is 1. The number of ether oxygens (including phenoxy) is 1. The average molecular weight is 274 g/mol. The van der Waals surface area contributed by atoms with Crippen LogP contribution in [0.4, 0.5) is 0 Å². The highest BCUT2D eigenvalue weighted by Gasteiger charge is 2.30. The third-order valence-electron chi connectivity index (χ3n) is 3.80. The highest BCUT2D eigenvalue weighted by atomic mass is 16.5. The summed E-state index contributed by atoms with van der Waals surface area (Å²) in [7, 11) is 0. The van der Waals surface area contributed by atoms with E-state index in [2.05, 4.69) is 4.98 Å². The predicted octanol–water partition coefficient (Wildman–Crippen LogP) is 1.39. The minimum absolute atomic E-state index is 0.00977. The van der Waals surface area contributed by atoms with Crippen molar-refractivity contribution >= 4 is 16.8 Å². The Kier molecular flexibility index (Phi) is 3.46. The van der Waals surface area contributed by atoms with Crippen LogP contribution in [-0.2, 0) is 4.74 Å². The Labute approximate surface area is 117 Å². The van der Waals surface area contributed by atoms with Crippen molar-refractivity contribution in [2.24, 2.45) is 0 Å². The second kappa shape index (κ2) is 5.26. The number of hydrogen-bond donors (Lipinski definition) is 2. The van der Waals surface area contributed by atoms with Crippen LogP contribution in [-0.4, -0.2) is 52.8 Å². The van der Waals surface area contributed by atoms with Crippen LogP contribution in [0.3, 0.4) is 0 Å². The first kappa shape index (κ1) is 13.1. The van der Waals surface area contributed by atoms with E-state index in [0.29, 0.717) is 18.7 Å². The van der Waals surface area contributed by atoms with E-state index in [1.807, 2.05) is 37.4 Å². The molecule has 2 heterocycles. The first-order chi connectivity index (χ1) is 9.70. The summed E-state index contributed by atoms with van der Waals surface area (Å²) in [6.07, 6.45) is 1.54. The zero-order valence-electron chi connectivity index (χ0n) is 11.4. The quantitative estimate of drug-likeness (QED) is 0.869. The van der Waals surface area contributed by atoms with Crippen LogP contribution >= 0.6 is 0 Å². The third-order valence-corrected chi connectivity index (χ3v) is 3.80. The maximum atomic E-state index is 12.8. The standard InChI is InChI=1S/C15H18N2O3/c1-10-9-20-11(8-18)7-17(10)15(19)13-3-2-4-14-12(13)5-6-16-14/h2-6,10-11,16,18H,7-9H2,1H3. The van der Waals surface area contributed by atoms with Crippen molar-refractivity contribution < 1.29 is 14.6 Å². The zero-order chi connectivity index (χ0) is 14.1. The second-order valence-corrected chi connectivity index (χ2v) is 5.19. The Morgan fingerprint density at radius 1 is 1.50 bits per heavy atom. The molecular formula is C15H18N2O3. The molecular weight excluding hydrogens is 256 g/mol. The van der Waals surface area contributed by atoms with Crippen molar-refractivity contribution in [2.45, 2.75) is 19.1 Å². The molecule has 0 saturated carbocycles. The number of carbonyl (C=O) groups excluding carboxylic acids is 1. The maximum Gasteiger partial charge on any atom is 0.254 e. The molecule has 1 aliphatic heterocycles. The lowest BCUT2D eigenvalue weighted by atomic mass is 10.1. The molecule has 2 N–H and O–H groups in total. The van der Waals surface area contributed by atoms with E-state index in [4.69, 9.17) is 4.74 Å². The van der Waals surface area contributed by atoms with Crippen molar-refractivity contribution in [1.29, 1.82) is 0 Å². The Bertz CT molecular complexity index is 622. The molecule has 1 fully saturated rings. The van der Waals surface area contributed by atoms with E-state index < -0.39 is 0 Å². The van der Waals surface area contributed by atoms with Crippen LogP contribution < -0.4 is 0 Å². The molecule has 1 amide bonds. The van der Waals surface area contributed by atoms with Gasteiger partial charge in [0, 0.05) is 29.2 Å². The number of aromatic amines is 1. The monoisotopic (exact) mass is 274 g/mol. The van der Waals surface area contributed by atoms with Gasteiger partial charge in [-0.1, -0.05) is 6.07 Å². The number of aromatic nitrogens is 1. The predicted molar refractivity (Wildman–Crippen MR) is 75.6 cm³/mol. The average Bonchev–Trinajstić information content (AvgIpc) is 2.95. The van der Waals surface area contributed by atoms with Gasteiger partial charge in [0.15, 0.2) is 0 Å². The molecule has 1 aromatic carbocycles. The number of fused-ring (bicyclic) bond motifs is 1. The molecule has 1 aliphatic rings. The van der Waals surface area contributed by atoms with Crippen molar-refractivity contribution in [3.63, 3.8) is 0 Å². The Morgan fingerprint density at radius 2 is 2.35 bits per heavy atom. The lowest BCUT2D eigenvalue weighted by Gasteiger charge is -2.37. The van der Waals surface area contributed by atoms with E-state index in [1.165, 1.54) is 0 Å². The number of H-pyrrole nitrogens is 1. The molecule has 3 rings (SSSR count). The van der Waals surface area contributed by atoms with Gasteiger partial charge in [-0.3, -0.25) is 4.79 Å². The fourth-order valence-electron chi connectivity index (χ4n) is 2.64. The second-order valence-electron chi connectivity index (χ2n) is 5.19. The van der Waals surface area contributed by atoms with Crippen LogP contribution in [0.1, 0.15) is 17.3 Å². The number of aliphatic hydroxyl groups excluding tert-OH is 1. The number of nitrogens with zero attached hydrogens (tertiary/aromatic N) is 1. The summed E-state index contributed by atoms with van der Waals surface area (Å²) >= 11 is 0. The van der Waals surface area contributed by atoms with Gasteiger partial charge in [-0.15, -0.1) is 0 Å². The summed E-state index contributed by atoms with van der Waals surface area (Å²) < 4.78 is 5.48. The molecule has 106 valence electrons. The van der Waals surface area contributed by atoms with E-state index in [-0.39, 0.29) is 24.7 Å². The summed E-state index contributed by atoms with van der Waals surface area (Å²) in [6, 6.07) is 7.59. The summed E-state index contributed by atoms with van der Waals surface area (Å²) in [6.45, 7) is 2.78. The number of rotatable bonds is 2. The summed E-state index contributed by atoms with van der Waals surface area (Å²) in [5.41, 5.74) is 1.64. The van der Waals surface area contributed by atoms with Crippen molar-refractivity contribution in [1.82, 2.24) is 9.88 Å². The lowest BCUT2D eigenvalue weighted by Crippen LogP contribution is -2.52. The molecule has 20 heavy (non-hydrogen) atoms. The summed E-state index contributed by atoms with van der Waals surface area (Å²) in [4.78, 5) is 17.7. The number of aliphatic hydroxyl groups is 1. The Morgan fingerprint density at radius 3 is 3.15 bits per heavy atom. The van der Waals surface area contributed by atoms with Crippen LogP contribution in [0, 0.1) is 0 Å². The smallest absolute Gasteiger partial charge is 0.254 e. The Balaban J connectivity index is 1.93. The maximum absolute atomic E-state index is 12.8. The molecule has 0 radical (unpaired) electrons. The van der Waals surface area contributed by atoms with Gasteiger partial charge < -0.3 is 19.7 Å². The fraction of sp³-hybridized carbons (Fsp3) is 0.400. The molecule has 1 aromatic heterocycles. The molecule has 1 saturated heterocycles.